The molecule has 1 saturated heterocycles. The van der Waals surface area contributed by atoms with Gasteiger partial charge in [0.25, 0.3) is 0 Å². The minimum atomic E-state index is -0.479. The monoisotopic (exact) mass is 395 g/mol. The molecular weight excluding hydrogens is 366 g/mol. The molecule has 1 aromatic rings. The average Bonchev–Trinajstić information content (AvgIpc) is 2.95. The second-order valence-electron chi connectivity index (χ2n) is 7.76. The summed E-state index contributed by atoms with van der Waals surface area (Å²) < 4.78 is 5.16. The fourth-order valence-corrected chi connectivity index (χ4v) is 4.04. The number of benzene rings is 1. The van der Waals surface area contributed by atoms with Crippen LogP contribution in [0.4, 0.5) is 0 Å². The van der Waals surface area contributed by atoms with Gasteiger partial charge in [-0.2, -0.15) is 0 Å². The highest BCUT2D eigenvalue weighted by atomic mass is 35.5. The Morgan fingerprint density at radius 3 is 2.63 bits per heavy atom. The minimum absolute atomic E-state index is 0. The van der Waals surface area contributed by atoms with E-state index in [1.807, 2.05) is 31.2 Å². The fourth-order valence-electron chi connectivity index (χ4n) is 4.04. The van der Waals surface area contributed by atoms with E-state index >= 15 is 0 Å². The van der Waals surface area contributed by atoms with Crippen LogP contribution in [0, 0.1) is 5.92 Å². The van der Waals surface area contributed by atoms with Crippen molar-refractivity contribution in [2.45, 2.75) is 57.2 Å². The Bertz CT molecular complexity index is 663. The molecular formula is C20H30ClN3O3. The molecule has 2 aliphatic rings. The first-order valence-corrected chi connectivity index (χ1v) is 9.42. The van der Waals surface area contributed by atoms with Crippen molar-refractivity contribution >= 4 is 24.2 Å². The van der Waals surface area contributed by atoms with E-state index in [-0.39, 0.29) is 30.1 Å². The minimum Gasteiger partial charge on any atom is -0.497 e. The fraction of sp³-hybridized carbons (Fsp3) is 0.600. The van der Waals surface area contributed by atoms with Gasteiger partial charge in [-0.1, -0.05) is 25.0 Å². The molecule has 0 bridgehead atoms. The number of carbonyl (C=O) groups is 2. The smallest absolute Gasteiger partial charge is 0.245 e. The van der Waals surface area contributed by atoms with Crippen molar-refractivity contribution in [2.24, 2.45) is 11.7 Å². The van der Waals surface area contributed by atoms with E-state index in [4.69, 9.17) is 10.5 Å². The average molecular weight is 396 g/mol. The Morgan fingerprint density at radius 1 is 1.30 bits per heavy atom. The number of carbonyl (C=O) groups excluding carboxylic acids is 2. The zero-order chi connectivity index (χ0) is 18.7. The van der Waals surface area contributed by atoms with Gasteiger partial charge in [0, 0.05) is 18.6 Å². The van der Waals surface area contributed by atoms with Crippen LogP contribution in [-0.2, 0) is 16.1 Å². The summed E-state index contributed by atoms with van der Waals surface area (Å²) in [5, 5.41) is 2.96. The molecule has 3 atom stereocenters. The van der Waals surface area contributed by atoms with Crippen LogP contribution in [0.15, 0.2) is 24.3 Å². The van der Waals surface area contributed by atoms with Crippen LogP contribution in [0.1, 0.15) is 44.6 Å². The van der Waals surface area contributed by atoms with Gasteiger partial charge in [0.1, 0.15) is 11.8 Å². The first-order chi connectivity index (χ1) is 12.4. The van der Waals surface area contributed by atoms with Crippen LogP contribution in [0.5, 0.6) is 5.75 Å². The van der Waals surface area contributed by atoms with E-state index in [0.29, 0.717) is 19.5 Å². The summed E-state index contributed by atoms with van der Waals surface area (Å²) in [5.74, 6) is 0.506. The number of nitrogens with two attached hydrogens (primary N) is 1. The summed E-state index contributed by atoms with van der Waals surface area (Å²) in [6.07, 6.45) is 4.39. The number of hydrogen-bond donors (Lipinski definition) is 2. The maximum Gasteiger partial charge on any atom is 0.245 e. The van der Waals surface area contributed by atoms with E-state index in [1.165, 1.54) is 0 Å². The third-order valence-corrected chi connectivity index (χ3v) is 5.72. The van der Waals surface area contributed by atoms with E-state index in [1.54, 1.807) is 12.0 Å². The van der Waals surface area contributed by atoms with Crippen LogP contribution in [0.25, 0.3) is 0 Å². The van der Waals surface area contributed by atoms with Crippen LogP contribution in [0.2, 0.25) is 0 Å². The molecule has 0 radical (unpaired) electrons. The van der Waals surface area contributed by atoms with Gasteiger partial charge in [-0.3, -0.25) is 9.59 Å². The zero-order valence-electron chi connectivity index (χ0n) is 16.1. The predicted molar refractivity (Wildman–Crippen MR) is 107 cm³/mol. The number of likely N-dealkylation sites (tertiary alicyclic amines) is 1. The van der Waals surface area contributed by atoms with Crippen LogP contribution >= 0.6 is 12.4 Å². The lowest BCUT2D eigenvalue weighted by Crippen LogP contribution is -2.55. The number of halogens is 1. The number of nitrogens with zero attached hydrogens (tertiary/aromatic N) is 1. The van der Waals surface area contributed by atoms with Gasteiger partial charge >= 0.3 is 0 Å². The summed E-state index contributed by atoms with van der Waals surface area (Å²) in [4.78, 5) is 27.1. The van der Waals surface area contributed by atoms with Crippen molar-refractivity contribution in [1.29, 1.82) is 0 Å². The van der Waals surface area contributed by atoms with Crippen molar-refractivity contribution in [3.05, 3.63) is 29.8 Å². The molecule has 1 aromatic carbocycles. The molecule has 1 saturated carbocycles. The number of methoxy groups -OCH3 is 1. The number of amides is 2. The topological polar surface area (TPSA) is 84.7 Å². The Labute approximate surface area is 167 Å². The van der Waals surface area contributed by atoms with Gasteiger partial charge in [-0.15, -0.1) is 12.4 Å². The van der Waals surface area contributed by atoms with E-state index < -0.39 is 11.6 Å². The van der Waals surface area contributed by atoms with Gasteiger partial charge in [0.15, 0.2) is 0 Å². The summed E-state index contributed by atoms with van der Waals surface area (Å²) in [6, 6.07) is 7.26. The van der Waals surface area contributed by atoms with E-state index in [9.17, 15) is 9.59 Å². The molecule has 3 rings (SSSR count). The molecule has 0 aromatic heterocycles. The standard InChI is InChI=1S/C20H29N3O3.ClH/c1-20(21)11-4-3-5-16(20)18(24)22-17-10-12-23(19(17)25)13-14-6-8-15(26-2)9-7-14;/h6-9,16-17H,3-5,10-13,21H2,1-2H3,(H,22,24);1H. The van der Waals surface area contributed by atoms with Crippen molar-refractivity contribution in [3.63, 3.8) is 0 Å². The first kappa shape index (κ1) is 21.5. The van der Waals surface area contributed by atoms with Crippen molar-refractivity contribution in [1.82, 2.24) is 10.2 Å². The summed E-state index contributed by atoms with van der Waals surface area (Å²) in [6.45, 7) is 3.15. The zero-order valence-corrected chi connectivity index (χ0v) is 16.9. The largest absolute Gasteiger partial charge is 0.497 e. The Balaban J connectivity index is 0.00000261. The second-order valence-corrected chi connectivity index (χ2v) is 7.76. The maximum atomic E-state index is 12.7. The number of nitrogens with one attached hydrogen (secondary N) is 1. The van der Waals surface area contributed by atoms with Gasteiger partial charge in [0.2, 0.25) is 11.8 Å². The van der Waals surface area contributed by atoms with Crippen LogP contribution in [-0.4, -0.2) is 41.9 Å². The molecule has 150 valence electrons. The third kappa shape index (κ3) is 4.93. The SMILES string of the molecule is COc1ccc(CN2CCC(NC(=O)C3CCCCC3(C)N)C2=O)cc1.Cl. The quantitative estimate of drug-likeness (QED) is 0.800. The number of rotatable bonds is 5. The molecule has 1 aliphatic heterocycles. The Hall–Kier alpha value is -1.79. The molecule has 1 aliphatic carbocycles. The predicted octanol–water partition coefficient (Wildman–Crippen LogP) is 2.24. The molecule has 1 heterocycles. The Morgan fingerprint density at radius 2 is 2.00 bits per heavy atom. The Kier molecular flexibility index (Phi) is 7.12. The lowest BCUT2D eigenvalue weighted by atomic mass is 9.74. The van der Waals surface area contributed by atoms with Crippen molar-refractivity contribution in [2.75, 3.05) is 13.7 Å². The summed E-state index contributed by atoms with van der Waals surface area (Å²) in [5.41, 5.74) is 6.89. The molecule has 6 nitrogen and oxygen atoms in total. The highest BCUT2D eigenvalue weighted by molar-refractivity contribution is 5.90. The second kappa shape index (κ2) is 8.93. The summed E-state index contributed by atoms with van der Waals surface area (Å²) in [7, 11) is 1.63. The van der Waals surface area contributed by atoms with Gasteiger partial charge < -0.3 is 20.7 Å². The van der Waals surface area contributed by atoms with Crippen molar-refractivity contribution < 1.29 is 14.3 Å². The van der Waals surface area contributed by atoms with E-state index in [0.717, 1.165) is 37.0 Å². The molecule has 2 fully saturated rings. The molecule has 2 amide bonds. The maximum absolute atomic E-state index is 12.7. The molecule has 3 unspecified atom stereocenters. The summed E-state index contributed by atoms with van der Waals surface area (Å²) >= 11 is 0. The van der Waals surface area contributed by atoms with Gasteiger partial charge in [0.05, 0.1) is 13.0 Å². The molecule has 3 N–H and O–H groups in total. The number of ether oxygens (including phenoxy) is 1. The molecule has 7 heteroatoms. The van der Waals surface area contributed by atoms with Gasteiger partial charge in [-0.25, -0.2) is 0 Å². The van der Waals surface area contributed by atoms with Crippen LogP contribution in [0.3, 0.4) is 0 Å². The highest BCUT2D eigenvalue weighted by Gasteiger charge is 2.40. The number of hydrogen-bond acceptors (Lipinski definition) is 4. The molecule has 0 spiro atoms. The van der Waals surface area contributed by atoms with Crippen LogP contribution < -0.4 is 15.8 Å². The van der Waals surface area contributed by atoms with Gasteiger partial charge in [-0.05, 0) is 43.9 Å². The lowest BCUT2D eigenvalue weighted by molar-refractivity contribution is -0.135. The highest BCUT2D eigenvalue weighted by Crippen LogP contribution is 2.32. The molecule has 27 heavy (non-hydrogen) atoms. The third-order valence-electron chi connectivity index (χ3n) is 5.72. The lowest BCUT2D eigenvalue weighted by Gasteiger charge is -2.37. The normalized spacial score (nSPS) is 27.8. The van der Waals surface area contributed by atoms with Crippen molar-refractivity contribution in [3.8, 4) is 5.75 Å². The first-order valence-electron chi connectivity index (χ1n) is 9.42. The van der Waals surface area contributed by atoms with E-state index in [2.05, 4.69) is 5.32 Å².